The average molecular weight is 212 g/mol. The van der Waals surface area contributed by atoms with Gasteiger partial charge in [-0.3, -0.25) is 9.05 Å². The predicted octanol–water partition coefficient (Wildman–Crippen LogP) is -0.979. The fourth-order valence-electron chi connectivity index (χ4n) is 0.985. The molecule has 4 N–H and O–H groups in total. The summed E-state index contributed by atoms with van der Waals surface area (Å²) in [5, 5.41) is 18.7. The molecule has 13 heavy (non-hydrogen) atoms. The van der Waals surface area contributed by atoms with Crippen LogP contribution in [-0.2, 0) is 13.6 Å². The van der Waals surface area contributed by atoms with Gasteiger partial charge >= 0.3 is 7.75 Å². The standard InChI is InChI=1S/C5H13N2O5P/c1-2-5(7(8)9)3-11-13(6,10)12-4-5/h7-8H,2-4H2,1H3,(H2,6,10). The minimum atomic E-state index is -3.48. The summed E-state index contributed by atoms with van der Waals surface area (Å²) in [6.45, 7) is 1.38. The summed E-state index contributed by atoms with van der Waals surface area (Å²) in [4.78, 5) is 0. The monoisotopic (exact) mass is 212 g/mol. The van der Waals surface area contributed by atoms with Crippen LogP contribution in [0.5, 0.6) is 0 Å². The molecule has 78 valence electrons. The van der Waals surface area contributed by atoms with Crippen LogP contribution >= 0.6 is 7.75 Å². The maximum Gasteiger partial charge on any atom is 0.403 e. The molecule has 1 heterocycles. The Morgan fingerprint density at radius 3 is 2.46 bits per heavy atom. The van der Waals surface area contributed by atoms with E-state index in [2.05, 4.69) is 9.05 Å². The smallest absolute Gasteiger partial charge is 0.403 e. The molecule has 1 aliphatic heterocycles. The van der Waals surface area contributed by atoms with Gasteiger partial charge in [0.1, 0.15) is 13.2 Å². The van der Waals surface area contributed by atoms with Crippen LogP contribution in [0.3, 0.4) is 0 Å². The van der Waals surface area contributed by atoms with E-state index in [1.54, 1.807) is 6.92 Å². The molecule has 0 aromatic heterocycles. The molecule has 1 rings (SSSR count). The van der Waals surface area contributed by atoms with E-state index in [9.17, 15) is 9.77 Å². The van der Waals surface area contributed by atoms with E-state index >= 15 is 0 Å². The van der Waals surface area contributed by atoms with Gasteiger partial charge in [-0.1, -0.05) is 6.92 Å². The number of rotatable bonds is 2. The summed E-state index contributed by atoms with van der Waals surface area (Å²) in [5.74, 6) is 0. The lowest BCUT2D eigenvalue weighted by atomic mass is 10.00. The lowest BCUT2D eigenvalue weighted by Gasteiger charge is -2.40. The SMILES string of the molecule is CCC1([NH+]([O-])O)COP(N)(=O)OC1. The second kappa shape index (κ2) is 3.62. The third kappa shape index (κ3) is 2.26. The summed E-state index contributed by atoms with van der Waals surface area (Å²) >= 11 is 0. The first-order valence-electron chi connectivity index (χ1n) is 3.83. The van der Waals surface area contributed by atoms with Crippen LogP contribution in [0, 0.1) is 5.21 Å². The van der Waals surface area contributed by atoms with Crippen molar-refractivity contribution in [3.63, 3.8) is 0 Å². The number of hydrogen-bond donors (Lipinski definition) is 3. The Morgan fingerprint density at radius 2 is 2.15 bits per heavy atom. The molecule has 0 amide bonds. The van der Waals surface area contributed by atoms with Crippen molar-refractivity contribution in [2.24, 2.45) is 5.50 Å². The minimum Gasteiger partial charge on any atom is -0.599 e. The molecular formula is C5H13N2O5P. The van der Waals surface area contributed by atoms with E-state index in [4.69, 9.17) is 10.7 Å². The Balaban J connectivity index is 2.69. The molecule has 0 aliphatic carbocycles. The van der Waals surface area contributed by atoms with Gasteiger partial charge in [0.25, 0.3) is 0 Å². The van der Waals surface area contributed by atoms with E-state index in [0.29, 0.717) is 6.42 Å². The lowest BCUT2D eigenvalue weighted by molar-refractivity contribution is -1.09. The Bertz CT molecular complexity index is 221. The third-order valence-electron chi connectivity index (χ3n) is 2.17. The van der Waals surface area contributed by atoms with Crippen LogP contribution in [-0.4, -0.2) is 24.0 Å². The molecule has 1 saturated heterocycles. The average Bonchev–Trinajstić information content (AvgIpc) is 2.05. The minimum absolute atomic E-state index is 0.160. The highest BCUT2D eigenvalue weighted by molar-refractivity contribution is 7.51. The van der Waals surface area contributed by atoms with Gasteiger partial charge < -0.3 is 5.21 Å². The zero-order valence-electron chi connectivity index (χ0n) is 7.23. The zero-order chi connectivity index (χ0) is 10.1. The van der Waals surface area contributed by atoms with Gasteiger partial charge in [0.05, 0.1) is 0 Å². The van der Waals surface area contributed by atoms with Gasteiger partial charge in [0, 0.05) is 6.42 Å². The van der Waals surface area contributed by atoms with Gasteiger partial charge in [-0.15, -0.1) is 0 Å². The first-order chi connectivity index (χ1) is 5.92. The van der Waals surface area contributed by atoms with Crippen LogP contribution in [0.4, 0.5) is 0 Å². The molecule has 1 unspecified atom stereocenters. The molecule has 0 aromatic carbocycles. The van der Waals surface area contributed by atoms with E-state index < -0.39 is 18.5 Å². The second-order valence-electron chi connectivity index (χ2n) is 3.03. The fraction of sp³-hybridized carbons (Fsp3) is 1.00. The van der Waals surface area contributed by atoms with Crippen molar-refractivity contribution in [2.45, 2.75) is 18.9 Å². The molecule has 0 radical (unpaired) electrons. The van der Waals surface area contributed by atoms with E-state index in [1.807, 2.05) is 0 Å². The molecule has 0 spiro atoms. The van der Waals surface area contributed by atoms with Gasteiger partial charge in [0.2, 0.25) is 0 Å². The summed E-state index contributed by atoms with van der Waals surface area (Å²) in [6.07, 6.45) is 0.350. The zero-order valence-corrected chi connectivity index (χ0v) is 8.12. The van der Waals surface area contributed by atoms with Crippen molar-refractivity contribution in [1.29, 1.82) is 0 Å². The predicted molar refractivity (Wildman–Crippen MR) is 42.8 cm³/mol. The van der Waals surface area contributed by atoms with Crippen molar-refractivity contribution in [3.8, 4) is 0 Å². The van der Waals surface area contributed by atoms with Gasteiger partial charge in [-0.25, -0.2) is 20.5 Å². The van der Waals surface area contributed by atoms with Crippen LogP contribution in [0.2, 0.25) is 0 Å². The van der Waals surface area contributed by atoms with Gasteiger partial charge in [0.15, 0.2) is 5.54 Å². The molecule has 0 bridgehead atoms. The van der Waals surface area contributed by atoms with Gasteiger partial charge in [-0.05, 0) is 0 Å². The summed E-state index contributed by atoms with van der Waals surface area (Å²) < 4.78 is 20.3. The van der Waals surface area contributed by atoms with Gasteiger partial charge in [-0.2, -0.15) is 0 Å². The second-order valence-corrected chi connectivity index (χ2v) is 4.62. The summed E-state index contributed by atoms with van der Waals surface area (Å²) in [6, 6.07) is 0. The van der Waals surface area contributed by atoms with E-state index in [0.717, 1.165) is 0 Å². The Kier molecular flexibility index (Phi) is 3.09. The molecule has 8 heteroatoms. The number of hydroxylamine groups is 2. The molecular weight excluding hydrogens is 199 g/mol. The number of hydrogen-bond acceptors (Lipinski definition) is 5. The molecule has 1 atom stereocenters. The highest BCUT2D eigenvalue weighted by Gasteiger charge is 2.44. The summed E-state index contributed by atoms with van der Waals surface area (Å²) in [5.41, 5.74) is 3.97. The topological polar surface area (TPSA) is 109 Å². The molecule has 1 fully saturated rings. The van der Waals surface area contributed by atoms with Crippen LogP contribution in [0.15, 0.2) is 0 Å². The summed E-state index contributed by atoms with van der Waals surface area (Å²) in [7, 11) is -3.48. The van der Waals surface area contributed by atoms with Crippen molar-refractivity contribution in [1.82, 2.24) is 0 Å². The quantitative estimate of drug-likeness (QED) is 0.401. The Hall–Kier alpha value is -0.0100. The number of nitrogens with two attached hydrogens (primary N) is 1. The van der Waals surface area contributed by atoms with E-state index in [1.165, 1.54) is 0 Å². The van der Waals surface area contributed by atoms with E-state index in [-0.39, 0.29) is 13.2 Å². The maximum atomic E-state index is 11.0. The third-order valence-corrected chi connectivity index (χ3v) is 3.15. The highest BCUT2D eigenvalue weighted by atomic mass is 31.2. The Labute approximate surface area is 75.5 Å². The maximum absolute atomic E-state index is 11.0. The molecule has 0 saturated carbocycles. The number of quaternary nitrogens is 1. The molecule has 7 nitrogen and oxygen atoms in total. The highest BCUT2D eigenvalue weighted by Crippen LogP contribution is 2.44. The normalized spacial score (nSPS) is 43.1. The molecule has 1 aliphatic rings. The van der Waals surface area contributed by atoms with Crippen LogP contribution in [0.25, 0.3) is 0 Å². The van der Waals surface area contributed by atoms with Crippen molar-refractivity contribution in [2.75, 3.05) is 13.2 Å². The molecule has 0 aromatic rings. The largest absolute Gasteiger partial charge is 0.599 e. The van der Waals surface area contributed by atoms with Crippen LogP contribution < -0.4 is 10.7 Å². The first-order valence-corrected chi connectivity index (χ1v) is 5.44. The van der Waals surface area contributed by atoms with Crippen LogP contribution in [0.1, 0.15) is 13.3 Å². The van der Waals surface area contributed by atoms with Crippen molar-refractivity contribution >= 4 is 7.75 Å². The van der Waals surface area contributed by atoms with Crippen molar-refractivity contribution < 1.29 is 24.0 Å². The Morgan fingerprint density at radius 1 is 1.69 bits per heavy atom. The van der Waals surface area contributed by atoms with Crippen molar-refractivity contribution in [3.05, 3.63) is 5.21 Å². The number of nitrogens with one attached hydrogen (secondary N) is 1. The first kappa shape index (κ1) is 11.1. The lowest BCUT2D eigenvalue weighted by Crippen LogP contribution is -3.16. The fourth-order valence-corrected chi connectivity index (χ4v) is 1.91.